The molecule has 0 fully saturated rings. The van der Waals surface area contributed by atoms with E-state index in [9.17, 15) is 13.9 Å². The van der Waals surface area contributed by atoms with Gasteiger partial charge in [0.1, 0.15) is 0 Å². The van der Waals surface area contributed by atoms with Gasteiger partial charge in [0.2, 0.25) is 0 Å². The lowest BCUT2D eigenvalue weighted by molar-refractivity contribution is 0.120. The molecule has 1 rings (SSSR count). The van der Waals surface area contributed by atoms with Crippen LogP contribution in [-0.4, -0.2) is 30.1 Å². The maximum Gasteiger partial charge on any atom is 0.164 e. The van der Waals surface area contributed by atoms with Crippen LogP contribution in [0.4, 0.5) is 8.78 Å². The predicted octanol–water partition coefficient (Wildman–Crippen LogP) is 2.98. The lowest BCUT2D eigenvalue weighted by atomic mass is 10.1. The number of hydrogen-bond acceptors (Lipinski definition) is 2. The van der Waals surface area contributed by atoms with Gasteiger partial charge < -0.3 is 10.0 Å². The van der Waals surface area contributed by atoms with E-state index in [-0.39, 0.29) is 5.56 Å². The van der Waals surface area contributed by atoms with Gasteiger partial charge in [-0.3, -0.25) is 0 Å². The Morgan fingerprint density at radius 3 is 2.56 bits per heavy atom. The Labute approximate surface area is 107 Å². The topological polar surface area (TPSA) is 23.5 Å². The zero-order chi connectivity index (χ0) is 13.7. The van der Waals surface area contributed by atoms with Crippen LogP contribution in [0.5, 0.6) is 0 Å². The molecule has 0 spiro atoms. The van der Waals surface area contributed by atoms with Crippen molar-refractivity contribution in [2.24, 2.45) is 5.92 Å². The zero-order valence-corrected chi connectivity index (χ0v) is 11.2. The van der Waals surface area contributed by atoms with E-state index in [0.29, 0.717) is 12.5 Å². The average Bonchev–Trinajstić information content (AvgIpc) is 2.30. The summed E-state index contributed by atoms with van der Waals surface area (Å²) in [6.45, 7) is 5.37. The summed E-state index contributed by atoms with van der Waals surface area (Å²) in [5.74, 6) is -1.30. The van der Waals surface area contributed by atoms with Gasteiger partial charge in [0.15, 0.2) is 11.6 Å². The lowest BCUT2D eigenvalue weighted by Gasteiger charge is -2.21. The molecule has 1 N–H and O–H groups in total. The molecule has 1 aromatic rings. The first-order valence-electron chi connectivity index (χ1n) is 6.22. The number of aliphatic hydroxyl groups excluding tert-OH is 1. The molecule has 0 saturated heterocycles. The van der Waals surface area contributed by atoms with Crippen LogP contribution < -0.4 is 0 Å². The van der Waals surface area contributed by atoms with Gasteiger partial charge in [-0.1, -0.05) is 26.0 Å². The van der Waals surface area contributed by atoms with E-state index in [2.05, 4.69) is 13.8 Å². The second-order valence-corrected chi connectivity index (χ2v) is 5.10. The van der Waals surface area contributed by atoms with E-state index in [1.165, 1.54) is 12.1 Å². The minimum atomic E-state index is -1.00. The molecule has 0 amide bonds. The summed E-state index contributed by atoms with van der Waals surface area (Å²) >= 11 is 0. The highest BCUT2D eigenvalue weighted by molar-refractivity contribution is 5.21. The van der Waals surface area contributed by atoms with Crippen LogP contribution in [0.2, 0.25) is 0 Å². The molecule has 0 bridgehead atoms. The maximum atomic E-state index is 13.5. The molecule has 0 aliphatic heterocycles. The molecule has 0 aliphatic carbocycles. The van der Waals surface area contributed by atoms with E-state index < -0.39 is 17.7 Å². The molecule has 1 aromatic carbocycles. The number of aliphatic hydroxyl groups is 1. The second kappa shape index (κ2) is 6.81. The van der Waals surface area contributed by atoms with Crippen molar-refractivity contribution in [2.45, 2.75) is 26.4 Å². The fourth-order valence-corrected chi connectivity index (χ4v) is 1.74. The molecule has 0 radical (unpaired) electrons. The molecule has 1 unspecified atom stereocenters. The Balaban J connectivity index is 2.59. The van der Waals surface area contributed by atoms with Crippen LogP contribution in [0.3, 0.4) is 0 Å². The largest absolute Gasteiger partial charge is 0.387 e. The Bertz CT molecular complexity index is 382. The number of benzene rings is 1. The van der Waals surface area contributed by atoms with Gasteiger partial charge in [0.25, 0.3) is 0 Å². The standard InChI is InChI=1S/C14H21F2NO/c1-10(2)7-8-17(3)9-13(18)11-5-4-6-12(15)14(11)16/h4-6,10,13,18H,7-9H2,1-3H3. The van der Waals surface area contributed by atoms with Crippen LogP contribution in [-0.2, 0) is 0 Å². The summed E-state index contributed by atoms with van der Waals surface area (Å²) in [5, 5.41) is 9.91. The van der Waals surface area contributed by atoms with Gasteiger partial charge in [0, 0.05) is 12.1 Å². The van der Waals surface area contributed by atoms with E-state index in [1.54, 1.807) is 0 Å². The molecular formula is C14H21F2NO. The first kappa shape index (κ1) is 15.1. The third-order valence-electron chi connectivity index (χ3n) is 2.91. The monoisotopic (exact) mass is 257 g/mol. The maximum absolute atomic E-state index is 13.5. The van der Waals surface area contributed by atoms with E-state index in [4.69, 9.17) is 0 Å². The second-order valence-electron chi connectivity index (χ2n) is 5.10. The molecule has 0 heterocycles. The summed E-state index contributed by atoms with van der Waals surface area (Å²) in [6.07, 6.45) is 0.00680. The fourth-order valence-electron chi connectivity index (χ4n) is 1.74. The van der Waals surface area contributed by atoms with Crippen LogP contribution in [0.15, 0.2) is 18.2 Å². The summed E-state index contributed by atoms with van der Waals surface area (Å²) in [7, 11) is 1.86. The number of likely N-dealkylation sites (N-methyl/N-ethyl adjacent to an activating group) is 1. The zero-order valence-electron chi connectivity index (χ0n) is 11.2. The van der Waals surface area contributed by atoms with E-state index >= 15 is 0 Å². The minimum absolute atomic E-state index is 0.0198. The fraction of sp³-hybridized carbons (Fsp3) is 0.571. The average molecular weight is 257 g/mol. The van der Waals surface area contributed by atoms with Gasteiger partial charge in [-0.15, -0.1) is 0 Å². The van der Waals surface area contributed by atoms with Crippen molar-refractivity contribution in [2.75, 3.05) is 20.1 Å². The molecule has 0 aromatic heterocycles. The lowest BCUT2D eigenvalue weighted by Crippen LogP contribution is -2.27. The van der Waals surface area contributed by atoms with Gasteiger partial charge in [0.05, 0.1) is 6.10 Å². The van der Waals surface area contributed by atoms with Gasteiger partial charge >= 0.3 is 0 Å². The molecule has 102 valence electrons. The highest BCUT2D eigenvalue weighted by Gasteiger charge is 2.17. The van der Waals surface area contributed by atoms with Crippen molar-refractivity contribution in [1.82, 2.24) is 4.90 Å². The number of halogens is 2. The van der Waals surface area contributed by atoms with Crippen LogP contribution >= 0.6 is 0 Å². The predicted molar refractivity (Wildman–Crippen MR) is 68.3 cm³/mol. The Morgan fingerprint density at radius 2 is 1.94 bits per heavy atom. The molecule has 1 atom stereocenters. The van der Waals surface area contributed by atoms with E-state index in [1.807, 2.05) is 11.9 Å². The Hall–Kier alpha value is -1.00. The number of nitrogens with zero attached hydrogens (tertiary/aromatic N) is 1. The highest BCUT2D eigenvalue weighted by Crippen LogP contribution is 2.20. The summed E-state index contributed by atoms with van der Waals surface area (Å²) in [6, 6.07) is 3.87. The molecule has 4 heteroatoms. The van der Waals surface area contributed by atoms with Crippen molar-refractivity contribution < 1.29 is 13.9 Å². The quantitative estimate of drug-likeness (QED) is 0.847. The first-order chi connectivity index (χ1) is 8.41. The van der Waals surface area contributed by atoms with Crippen molar-refractivity contribution >= 4 is 0 Å². The third kappa shape index (κ3) is 4.35. The molecule has 18 heavy (non-hydrogen) atoms. The third-order valence-corrected chi connectivity index (χ3v) is 2.91. The smallest absolute Gasteiger partial charge is 0.164 e. The van der Waals surface area contributed by atoms with Crippen molar-refractivity contribution in [3.05, 3.63) is 35.4 Å². The Morgan fingerprint density at radius 1 is 1.28 bits per heavy atom. The van der Waals surface area contributed by atoms with Gasteiger partial charge in [-0.25, -0.2) is 8.78 Å². The van der Waals surface area contributed by atoms with Crippen molar-refractivity contribution in [1.29, 1.82) is 0 Å². The Kier molecular flexibility index (Phi) is 5.69. The van der Waals surface area contributed by atoms with Crippen molar-refractivity contribution in [3.63, 3.8) is 0 Å². The molecule has 2 nitrogen and oxygen atoms in total. The highest BCUT2D eigenvalue weighted by atomic mass is 19.2. The number of rotatable bonds is 6. The van der Waals surface area contributed by atoms with E-state index in [0.717, 1.165) is 19.0 Å². The molecular weight excluding hydrogens is 236 g/mol. The van der Waals surface area contributed by atoms with Gasteiger partial charge in [-0.2, -0.15) is 0 Å². The minimum Gasteiger partial charge on any atom is -0.387 e. The van der Waals surface area contributed by atoms with Gasteiger partial charge in [-0.05, 0) is 32.0 Å². The summed E-state index contributed by atoms with van der Waals surface area (Å²) < 4.78 is 26.5. The van der Waals surface area contributed by atoms with Crippen LogP contribution in [0.1, 0.15) is 31.9 Å². The summed E-state index contributed by atoms with van der Waals surface area (Å²) in [4.78, 5) is 1.93. The molecule has 0 saturated carbocycles. The van der Waals surface area contributed by atoms with Crippen molar-refractivity contribution in [3.8, 4) is 0 Å². The van der Waals surface area contributed by atoms with Crippen LogP contribution in [0, 0.1) is 17.6 Å². The normalized spacial score (nSPS) is 13.3. The molecule has 0 aliphatic rings. The van der Waals surface area contributed by atoms with Crippen LogP contribution in [0.25, 0.3) is 0 Å². The summed E-state index contributed by atoms with van der Waals surface area (Å²) in [5.41, 5.74) is 0.0198. The number of hydrogen-bond donors (Lipinski definition) is 1. The first-order valence-corrected chi connectivity index (χ1v) is 6.22. The SMILES string of the molecule is CC(C)CCN(C)CC(O)c1cccc(F)c1F.